The van der Waals surface area contributed by atoms with E-state index < -0.39 is 0 Å². The highest BCUT2D eigenvalue weighted by molar-refractivity contribution is 5.92. The molecule has 2 aromatic carbocycles. The van der Waals surface area contributed by atoms with E-state index in [-0.39, 0.29) is 0 Å². The van der Waals surface area contributed by atoms with Crippen LogP contribution in [0.3, 0.4) is 0 Å². The number of nitrogens with zero attached hydrogens (tertiary/aromatic N) is 4. The van der Waals surface area contributed by atoms with Gasteiger partial charge in [-0.15, -0.1) is 0 Å². The van der Waals surface area contributed by atoms with Crippen molar-refractivity contribution in [3.63, 3.8) is 0 Å². The molecule has 6 heteroatoms. The van der Waals surface area contributed by atoms with Crippen molar-refractivity contribution in [1.29, 1.82) is 0 Å². The van der Waals surface area contributed by atoms with E-state index in [2.05, 4.69) is 46.4 Å². The van der Waals surface area contributed by atoms with E-state index in [0.29, 0.717) is 12.5 Å². The van der Waals surface area contributed by atoms with Crippen LogP contribution >= 0.6 is 0 Å². The van der Waals surface area contributed by atoms with Crippen molar-refractivity contribution >= 4 is 11.6 Å². The number of guanidine groups is 1. The average Bonchev–Trinajstić information content (AvgIpc) is 3.11. The van der Waals surface area contributed by atoms with Crippen molar-refractivity contribution in [3.8, 4) is 5.69 Å². The Morgan fingerprint density at radius 1 is 1.12 bits per heavy atom. The van der Waals surface area contributed by atoms with Gasteiger partial charge in [0.1, 0.15) is 12.7 Å². The average molecular weight is 320 g/mol. The van der Waals surface area contributed by atoms with Gasteiger partial charge in [0.15, 0.2) is 5.96 Å². The van der Waals surface area contributed by atoms with Gasteiger partial charge in [0.2, 0.25) is 0 Å². The van der Waals surface area contributed by atoms with E-state index >= 15 is 0 Å². The molecule has 6 nitrogen and oxygen atoms in total. The van der Waals surface area contributed by atoms with Gasteiger partial charge in [0.25, 0.3) is 0 Å². The van der Waals surface area contributed by atoms with E-state index in [0.717, 1.165) is 16.9 Å². The number of anilines is 1. The van der Waals surface area contributed by atoms with Gasteiger partial charge in [0.05, 0.1) is 12.2 Å². The summed E-state index contributed by atoms with van der Waals surface area (Å²) in [5.41, 5.74) is 11.4. The Labute approximate surface area is 141 Å². The maximum atomic E-state index is 5.97. The molecule has 3 N–H and O–H groups in total. The zero-order valence-electron chi connectivity index (χ0n) is 13.8. The molecule has 0 atom stereocenters. The smallest absolute Gasteiger partial charge is 0.193 e. The second-order valence-electron chi connectivity index (χ2n) is 5.63. The highest BCUT2D eigenvalue weighted by atomic mass is 15.3. The summed E-state index contributed by atoms with van der Waals surface area (Å²) in [7, 11) is 0. The lowest BCUT2D eigenvalue weighted by Gasteiger charge is -2.08. The minimum Gasteiger partial charge on any atom is -0.370 e. The molecule has 24 heavy (non-hydrogen) atoms. The van der Waals surface area contributed by atoms with E-state index in [4.69, 9.17) is 5.73 Å². The molecule has 3 aromatic rings. The number of aryl methyl sites for hydroxylation is 2. The SMILES string of the molecule is Cc1ccc(NC(N)=NCc2ccc(-n3cncn3)cc2)cc1C. The predicted molar refractivity (Wildman–Crippen MR) is 96.2 cm³/mol. The van der Waals surface area contributed by atoms with Crippen LogP contribution in [0.25, 0.3) is 5.69 Å². The molecule has 0 aliphatic carbocycles. The summed E-state index contributed by atoms with van der Waals surface area (Å²) >= 11 is 0. The zero-order chi connectivity index (χ0) is 16.9. The molecule has 0 aliphatic rings. The lowest BCUT2D eigenvalue weighted by Crippen LogP contribution is -2.22. The van der Waals surface area contributed by atoms with Gasteiger partial charge in [0, 0.05) is 5.69 Å². The van der Waals surface area contributed by atoms with Crippen LogP contribution in [0.2, 0.25) is 0 Å². The van der Waals surface area contributed by atoms with Gasteiger partial charge in [-0.2, -0.15) is 5.10 Å². The third kappa shape index (κ3) is 3.78. The number of nitrogens with one attached hydrogen (secondary N) is 1. The molecule has 3 rings (SSSR count). The summed E-state index contributed by atoms with van der Waals surface area (Å²) in [4.78, 5) is 8.32. The van der Waals surface area contributed by atoms with Crippen molar-refractivity contribution in [1.82, 2.24) is 14.8 Å². The Morgan fingerprint density at radius 3 is 2.58 bits per heavy atom. The molecule has 1 aromatic heterocycles. The summed E-state index contributed by atoms with van der Waals surface area (Å²) in [6.07, 6.45) is 3.18. The Hall–Kier alpha value is -3.15. The van der Waals surface area contributed by atoms with Crippen LogP contribution in [0, 0.1) is 13.8 Å². The molecule has 0 spiro atoms. The Balaban J connectivity index is 1.63. The van der Waals surface area contributed by atoms with Crippen molar-refractivity contribution in [2.75, 3.05) is 5.32 Å². The van der Waals surface area contributed by atoms with Gasteiger partial charge in [-0.25, -0.2) is 14.7 Å². The number of nitrogens with two attached hydrogens (primary N) is 1. The van der Waals surface area contributed by atoms with Gasteiger partial charge in [-0.1, -0.05) is 18.2 Å². The lowest BCUT2D eigenvalue weighted by atomic mass is 10.1. The molecule has 0 amide bonds. The molecule has 0 fully saturated rings. The van der Waals surface area contributed by atoms with Crippen molar-refractivity contribution < 1.29 is 0 Å². The molecular weight excluding hydrogens is 300 g/mol. The first-order chi connectivity index (χ1) is 11.6. The quantitative estimate of drug-likeness (QED) is 0.572. The normalized spacial score (nSPS) is 11.5. The van der Waals surface area contributed by atoms with Gasteiger partial charge >= 0.3 is 0 Å². The number of rotatable bonds is 4. The van der Waals surface area contributed by atoms with Crippen LogP contribution in [0.4, 0.5) is 5.69 Å². The minimum atomic E-state index is 0.401. The van der Waals surface area contributed by atoms with E-state index in [1.165, 1.54) is 17.5 Å². The Morgan fingerprint density at radius 2 is 1.92 bits per heavy atom. The van der Waals surface area contributed by atoms with E-state index in [1.807, 2.05) is 30.3 Å². The highest BCUT2D eigenvalue weighted by Crippen LogP contribution is 2.14. The van der Waals surface area contributed by atoms with Gasteiger partial charge in [-0.05, 0) is 54.8 Å². The molecule has 122 valence electrons. The number of aliphatic imine (C=N–C) groups is 1. The van der Waals surface area contributed by atoms with Crippen LogP contribution in [0.15, 0.2) is 60.1 Å². The zero-order valence-corrected chi connectivity index (χ0v) is 13.8. The second-order valence-corrected chi connectivity index (χ2v) is 5.63. The van der Waals surface area contributed by atoms with Crippen LogP contribution in [-0.4, -0.2) is 20.7 Å². The lowest BCUT2D eigenvalue weighted by molar-refractivity contribution is 0.877. The number of hydrogen-bond donors (Lipinski definition) is 2. The predicted octanol–water partition coefficient (Wildman–Crippen LogP) is 2.81. The van der Waals surface area contributed by atoms with Crippen LogP contribution in [0.5, 0.6) is 0 Å². The molecule has 0 aliphatic heterocycles. The van der Waals surface area contributed by atoms with Crippen molar-refractivity contribution in [2.24, 2.45) is 10.7 Å². The molecule has 0 bridgehead atoms. The second kappa shape index (κ2) is 6.95. The van der Waals surface area contributed by atoms with E-state index in [9.17, 15) is 0 Å². The highest BCUT2D eigenvalue weighted by Gasteiger charge is 2.00. The summed E-state index contributed by atoms with van der Waals surface area (Å²) in [6, 6.07) is 14.1. The molecule has 0 saturated heterocycles. The summed E-state index contributed by atoms with van der Waals surface area (Å²) in [5.74, 6) is 0.401. The fourth-order valence-electron chi connectivity index (χ4n) is 2.28. The Bertz CT molecular complexity index is 834. The van der Waals surface area contributed by atoms with Gasteiger partial charge < -0.3 is 11.1 Å². The first kappa shape index (κ1) is 15.7. The van der Waals surface area contributed by atoms with Crippen LogP contribution in [-0.2, 0) is 6.54 Å². The molecule has 0 unspecified atom stereocenters. The largest absolute Gasteiger partial charge is 0.370 e. The van der Waals surface area contributed by atoms with Crippen molar-refractivity contribution in [3.05, 3.63) is 71.8 Å². The topological polar surface area (TPSA) is 81.1 Å². The summed E-state index contributed by atoms with van der Waals surface area (Å²) in [5, 5.41) is 7.22. The maximum Gasteiger partial charge on any atom is 0.193 e. The summed E-state index contributed by atoms with van der Waals surface area (Å²) in [6.45, 7) is 4.67. The van der Waals surface area contributed by atoms with Gasteiger partial charge in [-0.3, -0.25) is 0 Å². The van der Waals surface area contributed by atoms with E-state index in [1.54, 1.807) is 11.0 Å². The fraction of sp³-hybridized carbons (Fsp3) is 0.167. The monoisotopic (exact) mass is 320 g/mol. The molecule has 0 saturated carbocycles. The van der Waals surface area contributed by atoms with Crippen LogP contribution < -0.4 is 11.1 Å². The Kier molecular flexibility index (Phi) is 4.56. The first-order valence-electron chi connectivity index (χ1n) is 7.70. The number of hydrogen-bond acceptors (Lipinski definition) is 3. The third-order valence-electron chi connectivity index (χ3n) is 3.83. The number of aromatic nitrogens is 3. The van der Waals surface area contributed by atoms with Crippen LogP contribution in [0.1, 0.15) is 16.7 Å². The van der Waals surface area contributed by atoms with Crippen molar-refractivity contribution in [2.45, 2.75) is 20.4 Å². The molecular formula is C18H20N6. The summed E-state index contributed by atoms with van der Waals surface area (Å²) < 4.78 is 1.71. The fourth-order valence-corrected chi connectivity index (χ4v) is 2.28. The third-order valence-corrected chi connectivity index (χ3v) is 3.83. The number of benzene rings is 2. The molecule has 0 radical (unpaired) electrons. The minimum absolute atomic E-state index is 0.401. The molecule has 1 heterocycles. The first-order valence-corrected chi connectivity index (χ1v) is 7.70. The maximum absolute atomic E-state index is 5.97. The standard InChI is InChI=1S/C18H20N6/c1-13-3-6-16(9-14(13)2)23-18(19)21-10-15-4-7-17(8-5-15)24-12-20-11-22-24/h3-9,11-12H,10H2,1-2H3,(H3,19,21,23).